The number of amides is 2. The molecular weight excluding hydrogens is 358 g/mol. The topological polar surface area (TPSA) is 71.1 Å². The van der Waals surface area contributed by atoms with E-state index in [4.69, 9.17) is 9.47 Å². The predicted octanol–water partition coefficient (Wildman–Crippen LogP) is 1.90. The van der Waals surface area contributed by atoms with Crippen molar-refractivity contribution in [2.75, 3.05) is 58.4 Å². The van der Waals surface area contributed by atoms with Crippen molar-refractivity contribution in [2.45, 2.75) is 26.2 Å². The van der Waals surface area contributed by atoms with E-state index < -0.39 is 0 Å². The van der Waals surface area contributed by atoms with E-state index in [1.165, 1.54) is 0 Å². The Balaban J connectivity index is 1.48. The van der Waals surface area contributed by atoms with Crippen LogP contribution in [-0.4, -0.2) is 74.7 Å². The summed E-state index contributed by atoms with van der Waals surface area (Å²) in [5.41, 5.74) is 1.77. The van der Waals surface area contributed by atoms with Crippen molar-refractivity contribution in [1.29, 1.82) is 0 Å². The minimum Gasteiger partial charge on any atom is -0.495 e. The fraction of sp³-hybridized carbons (Fsp3) is 0.619. The van der Waals surface area contributed by atoms with Crippen molar-refractivity contribution in [3.8, 4) is 5.75 Å². The Morgan fingerprint density at radius 3 is 2.79 bits per heavy atom. The molecule has 28 heavy (non-hydrogen) atoms. The Hall–Kier alpha value is -2.12. The molecule has 0 bridgehead atoms. The number of carbonyl (C=O) groups excluding carboxylic acids is 2. The van der Waals surface area contributed by atoms with E-state index in [-0.39, 0.29) is 17.7 Å². The number of nitrogens with one attached hydrogen (secondary N) is 1. The second-order valence-corrected chi connectivity index (χ2v) is 7.58. The predicted molar refractivity (Wildman–Crippen MR) is 108 cm³/mol. The molecule has 0 saturated carbocycles. The molecule has 0 aliphatic carbocycles. The van der Waals surface area contributed by atoms with E-state index >= 15 is 0 Å². The van der Waals surface area contributed by atoms with Gasteiger partial charge in [0.25, 0.3) is 0 Å². The van der Waals surface area contributed by atoms with Crippen LogP contribution in [0.25, 0.3) is 0 Å². The van der Waals surface area contributed by atoms with Gasteiger partial charge in [0.2, 0.25) is 11.8 Å². The normalized spacial score (nSPS) is 20.6. The van der Waals surface area contributed by atoms with Gasteiger partial charge in [-0.25, -0.2) is 0 Å². The molecule has 1 atom stereocenters. The molecule has 0 unspecified atom stereocenters. The lowest BCUT2D eigenvalue weighted by atomic mass is 9.96. The zero-order valence-electron chi connectivity index (χ0n) is 16.9. The number of hydrogen-bond acceptors (Lipinski definition) is 5. The average molecular weight is 389 g/mol. The fourth-order valence-corrected chi connectivity index (χ4v) is 3.89. The summed E-state index contributed by atoms with van der Waals surface area (Å²) in [6.45, 7) is 6.95. The van der Waals surface area contributed by atoms with Crippen LogP contribution in [0.4, 0.5) is 5.69 Å². The Kier molecular flexibility index (Phi) is 7.28. The van der Waals surface area contributed by atoms with E-state index in [9.17, 15) is 9.59 Å². The van der Waals surface area contributed by atoms with Gasteiger partial charge in [-0.3, -0.25) is 9.59 Å². The number of nitrogens with zero attached hydrogens (tertiary/aromatic N) is 2. The van der Waals surface area contributed by atoms with Crippen LogP contribution in [0.1, 0.15) is 24.8 Å². The molecule has 3 rings (SSSR count). The standard InChI is InChI=1S/C21H31N3O4/c1-16-5-6-19(27-2)18(14-16)22-20(25)7-9-23-8-3-4-17(15-23)21(26)24-10-12-28-13-11-24/h5-6,14,17H,3-4,7-13,15H2,1-2H3,(H,22,25)/t17-/m1/s1. The van der Waals surface area contributed by atoms with E-state index in [1.807, 2.05) is 30.0 Å². The number of ether oxygens (including phenoxy) is 2. The summed E-state index contributed by atoms with van der Waals surface area (Å²) in [6, 6.07) is 5.72. The highest BCUT2D eigenvalue weighted by molar-refractivity contribution is 5.92. The molecule has 0 spiro atoms. The maximum absolute atomic E-state index is 12.7. The van der Waals surface area contributed by atoms with Crippen molar-refractivity contribution >= 4 is 17.5 Å². The minimum atomic E-state index is -0.0365. The molecule has 0 aromatic heterocycles. The number of piperidine rings is 1. The van der Waals surface area contributed by atoms with Crippen molar-refractivity contribution in [3.05, 3.63) is 23.8 Å². The van der Waals surface area contributed by atoms with E-state index in [0.29, 0.717) is 50.7 Å². The highest BCUT2D eigenvalue weighted by atomic mass is 16.5. The highest BCUT2D eigenvalue weighted by Crippen LogP contribution is 2.25. The summed E-state index contributed by atoms with van der Waals surface area (Å²) in [7, 11) is 1.60. The Morgan fingerprint density at radius 1 is 1.25 bits per heavy atom. The lowest BCUT2D eigenvalue weighted by molar-refractivity contribution is -0.141. The van der Waals surface area contributed by atoms with E-state index in [2.05, 4.69) is 10.2 Å². The number of carbonyl (C=O) groups is 2. The van der Waals surface area contributed by atoms with Crippen LogP contribution in [-0.2, 0) is 14.3 Å². The second-order valence-electron chi connectivity index (χ2n) is 7.58. The first-order valence-corrected chi connectivity index (χ1v) is 10.1. The van der Waals surface area contributed by atoms with Gasteiger partial charge in [-0.05, 0) is 44.0 Å². The Morgan fingerprint density at radius 2 is 2.04 bits per heavy atom. The third-order valence-electron chi connectivity index (χ3n) is 5.46. The van der Waals surface area contributed by atoms with Crippen molar-refractivity contribution in [1.82, 2.24) is 9.80 Å². The number of methoxy groups -OCH3 is 1. The number of hydrogen-bond donors (Lipinski definition) is 1. The Labute approximate surface area is 167 Å². The van der Waals surface area contributed by atoms with Gasteiger partial charge < -0.3 is 24.6 Å². The van der Waals surface area contributed by atoms with Crippen molar-refractivity contribution < 1.29 is 19.1 Å². The summed E-state index contributed by atoms with van der Waals surface area (Å²) in [6.07, 6.45) is 2.32. The van der Waals surface area contributed by atoms with Gasteiger partial charge in [0.15, 0.2) is 0 Å². The van der Waals surface area contributed by atoms with Gasteiger partial charge in [-0.1, -0.05) is 6.07 Å². The molecule has 2 saturated heterocycles. The number of anilines is 1. The zero-order valence-corrected chi connectivity index (χ0v) is 16.9. The van der Waals surface area contributed by atoms with Gasteiger partial charge in [-0.15, -0.1) is 0 Å². The fourth-order valence-electron chi connectivity index (χ4n) is 3.89. The quantitative estimate of drug-likeness (QED) is 0.805. The maximum Gasteiger partial charge on any atom is 0.227 e. The third kappa shape index (κ3) is 5.45. The van der Waals surface area contributed by atoms with Crippen LogP contribution in [0.15, 0.2) is 18.2 Å². The molecular formula is C21H31N3O4. The molecule has 1 aromatic rings. The first-order valence-electron chi connectivity index (χ1n) is 10.1. The van der Waals surface area contributed by atoms with Gasteiger partial charge in [0.1, 0.15) is 5.75 Å². The molecule has 154 valence electrons. The number of benzene rings is 1. The first kappa shape index (κ1) is 20.6. The zero-order chi connectivity index (χ0) is 19.9. The van der Waals surface area contributed by atoms with E-state index in [0.717, 1.165) is 31.5 Å². The number of aryl methyl sites for hydroxylation is 1. The van der Waals surface area contributed by atoms with Crippen LogP contribution in [0, 0.1) is 12.8 Å². The molecule has 2 amide bonds. The molecule has 1 aromatic carbocycles. The number of likely N-dealkylation sites (tertiary alicyclic amines) is 1. The molecule has 1 N–H and O–H groups in total. The largest absolute Gasteiger partial charge is 0.495 e. The van der Waals surface area contributed by atoms with Crippen LogP contribution in [0.3, 0.4) is 0 Å². The summed E-state index contributed by atoms with van der Waals surface area (Å²) in [5, 5.41) is 2.95. The van der Waals surface area contributed by atoms with Crippen LogP contribution in [0.2, 0.25) is 0 Å². The van der Waals surface area contributed by atoms with Crippen molar-refractivity contribution in [3.63, 3.8) is 0 Å². The minimum absolute atomic E-state index is 0.0341. The summed E-state index contributed by atoms with van der Waals surface area (Å²) in [4.78, 5) is 29.3. The highest BCUT2D eigenvalue weighted by Gasteiger charge is 2.30. The van der Waals surface area contributed by atoms with Gasteiger partial charge in [0.05, 0.1) is 31.9 Å². The number of rotatable bonds is 6. The molecule has 2 aliphatic rings. The summed E-state index contributed by atoms with van der Waals surface area (Å²) >= 11 is 0. The lowest BCUT2D eigenvalue weighted by Crippen LogP contribution is -2.48. The van der Waals surface area contributed by atoms with Crippen molar-refractivity contribution in [2.24, 2.45) is 5.92 Å². The Bertz CT molecular complexity index is 688. The second kappa shape index (κ2) is 9.89. The molecule has 0 radical (unpaired) electrons. The lowest BCUT2D eigenvalue weighted by Gasteiger charge is -2.36. The first-order chi connectivity index (χ1) is 13.6. The molecule has 7 nitrogen and oxygen atoms in total. The summed E-state index contributed by atoms with van der Waals surface area (Å²) in [5.74, 6) is 0.896. The number of morpholine rings is 1. The SMILES string of the molecule is COc1ccc(C)cc1NC(=O)CCN1CCC[C@@H](C(=O)N2CCOCC2)C1. The molecule has 7 heteroatoms. The molecule has 2 fully saturated rings. The van der Waals surface area contributed by atoms with Gasteiger partial charge >= 0.3 is 0 Å². The van der Waals surface area contributed by atoms with Crippen LogP contribution >= 0.6 is 0 Å². The molecule has 2 heterocycles. The third-order valence-corrected chi connectivity index (χ3v) is 5.46. The van der Waals surface area contributed by atoms with Crippen LogP contribution < -0.4 is 10.1 Å². The average Bonchev–Trinajstić information content (AvgIpc) is 2.73. The van der Waals surface area contributed by atoms with E-state index in [1.54, 1.807) is 7.11 Å². The maximum atomic E-state index is 12.7. The van der Waals surface area contributed by atoms with Gasteiger partial charge in [0, 0.05) is 32.6 Å². The van der Waals surface area contributed by atoms with Gasteiger partial charge in [-0.2, -0.15) is 0 Å². The summed E-state index contributed by atoms with van der Waals surface area (Å²) < 4.78 is 10.7. The van der Waals surface area contributed by atoms with Crippen LogP contribution in [0.5, 0.6) is 5.75 Å². The smallest absolute Gasteiger partial charge is 0.227 e. The monoisotopic (exact) mass is 389 g/mol. The molecule has 2 aliphatic heterocycles.